The minimum absolute atomic E-state index is 0.108. The van der Waals surface area contributed by atoms with E-state index in [1.165, 1.54) is 12.8 Å². The quantitative estimate of drug-likeness (QED) is 0.596. The third-order valence-corrected chi connectivity index (χ3v) is 2.20. The lowest BCUT2D eigenvalue weighted by atomic mass is 10.3. The van der Waals surface area contributed by atoms with Crippen LogP contribution >= 0.6 is 0 Å². The van der Waals surface area contributed by atoms with Crippen LogP contribution in [0.2, 0.25) is 0 Å². The second-order valence-corrected chi connectivity index (χ2v) is 3.65. The number of hydrogen-bond acceptors (Lipinski definition) is 3. The first-order chi connectivity index (χ1) is 6.22. The van der Waals surface area contributed by atoms with E-state index in [1.54, 1.807) is 0 Å². The lowest BCUT2D eigenvalue weighted by Gasteiger charge is -2.19. The van der Waals surface area contributed by atoms with Crippen LogP contribution in [-0.2, 0) is 4.79 Å². The summed E-state index contributed by atoms with van der Waals surface area (Å²) in [4.78, 5) is 12.4. The van der Waals surface area contributed by atoms with E-state index >= 15 is 0 Å². The average molecular weight is 187 g/mol. The SMILES string of the molecule is O=C(O)CN(CCCO)CC1CC1. The van der Waals surface area contributed by atoms with E-state index in [0.717, 1.165) is 6.54 Å². The predicted octanol–water partition coefficient (Wildman–Crippen LogP) is 0.165. The van der Waals surface area contributed by atoms with Crippen molar-refractivity contribution in [3.8, 4) is 0 Å². The van der Waals surface area contributed by atoms with Crippen molar-refractivity contribution >= 4 is 5.97 Å². The molecule has 1 aliphatic rings. The summed E-state index contributed by atoms with van der Waals surface area (Å²) in [5.41, 5.74) is 0. The van der Waals surface area contributed by atoms with E-state index in [1.807, 2.05) is 4.90 Å². The Bertz CT molecular complexity index is 168. The van der Waals surface area contributed by atoms with Crippen molar-refractivity contribution in [2.75, 3.05) is 26.2 Å². The van der Waals surface area contributed by atoms with E-state index in [0.29, 0.717) is 18.9 Å². The Balaban J connectivity index is 2.19. The van der Waals surface area contributed by atoms with Gasteiger partial charge in [0, 0.05) is 19.7 Å². The molecule has 0 aromatic carbocycles. The molecule has 1 fully saturated rings. The summed E-state index contributed by atoms with van der Waals surface area (Å²) < 4.78 is 0. The van der Waals surface area contributed by atoms with Crippen molar-refractivity contribution in [3.63, 3.8) is 0 Å². The van der Waals surface area contributed by atoms with Gasteiger partial charge in [-0.15, -0.1) is 0 Å². The maximum atomic E-state index is 10.5. The van der Waals surface area contributed by atoms with Crippen LogP contribution < -0.4 is 0 Å². The fourth-order valence-electron chi connectivity index (χ4n) is 1.39. The number of carbonyl (C=O) groups is 1. The summed E-state index contributed by atoms with van der Waals surface area (Å²) in [5, 5.41) is 17.2. The Hall–Kier alpha value is -0.610. The van der Waals surface area contributed by atoms with Crippen LogP contribution in [0.15, 0.2) is 0 Å². The van der Waals surface area contributed by atoms with Crippen molar-refractivity contribution in [2.45, 2.75) is 19.3 Å². The van der Waals surface area contributed by atoms with E-state index in [9.17, 15) is 4.79 Å². The molecule has 0 bridgehead atoms. The predicted molar refractivity (Wildman–Crippen MR) is 48.5 cm³/mol. The van der Waals surface area contributed by atoms with Crippen LogP contribution in [0.25, 0.3) is 0 Å². The van der Waals surface area contributed by atoms with Gasteiger partial charge in [-0.1, -0.05) is 0 Å². The number of aliphatic carboxylic acids is 1. The Morgan fingerprint density at radius 3 is 2.62 bits per heavy atom. The summed E-state index contributed by atoms with van der Waals surface area (Å²) >= 11 is 0. The third-order valence-electron chi connectivity index (χ3n) is 2.20. The number of rotatable bonds is 7. The van der Waals surface area contributed by atoms with Gasteiger partial charge in [0.25, 0.3) is 0 Å². The molecule has 1 saturated carbocycles. The van der Waals surface area contributed by atoms with E-state index in [2.05, 4.69) is 0 Å². The van der Waals surface area contributed by atoms with Crippen molar-refractivity contribution in [1.29, 1.82) is 0 Å². The van der Waals surface area contributed by atoms with E-state index < -0.39 is 5.97 Å². The molecule has 0 radical (unpaired) electrons. The monoisotopic (exact) mass is 187 g/mol. The number of aliphatic hydroxyl groups excluding tert-OH is 1. The Labute approximate surface area is 78.2 Å². The molecule has 0 aromatic rings. The Morgan fingerprint density at radius 1 is 1.46 bits per heavy atom. The van der Waals surface area contributed by atoms with Crippen LogP contribution in [-0.4, -0.2) is 47.3 Å². The maximum absolute atomic E-state index is 10.5. The number of carboxylic acids is 1. The highest BCUT2D eigenvalue weighted by molar-refractivity contribution is 5.69. The molecule has 13 heavy (non-hydrogen) atoms. The van der Waals surface area contributed by atoms with Gasteiger partial charge >= 0.3 is 5.97 Å². The van der Waals surface area contributed by atoms with Crippen LogP contribution in [0.4, 0.5) is 0 Å². The van der Waals surface area contributed by atoms with Crippen LogP contribution in [0.1, 0.15) is 19.3 Å². The molecule has 2 N–H and O–H groups in total. The second kappa shape index (κ2) is 5.19. The summed E-state index contributed by atoms with van der Waals surface area (Å²) in [7, 11) is 0. The van der Waals surface area contributed by atoms with E-state index in [-0.39, 0.29) is 13.2 Å². The van der Waals surface area contributed by atoms with Gasteiger partial charge in [0.05, 0.1) is 6.54 Å². The number of hydrogen-bond donors (Lipinski definition) is 2. The standard InChI is InChI=1S/C9H17NO3/c11-5-1-4-10(7-9(12)13)6-8-2-3-8/h8,11H,1-7H2,(H,12,13). The van der Waals surface area contributed by atoms with Gasteiger partial charge in [0.2, 0.25) is 0 Å². The van der Waals surface area contributed by atoms with Crippen molar-refractivity contribution < 1.29 is 15.0 Å². The minimum atomic E-state index is -0.779. The molecule has 0 aromatic heterocycles. The molecule has 0 unspecified atom stereocenters. The van der Waals surface area contributed by atoms with Crippen LogP contribution in [0, 0.1) is 5.92 Å². The third kappa shape index (κ3) is 4.85. The van der Waals surface area contributed by atoms with Gasteiger partial charge in [0.1, 0.15) is 0 Å². The molecular formula is C9H17NO3. The summed E-state index contributed by atoms with van der Waals surface area (Å²) in [6, 6.07) is 0. The summed E-state index contributed by atoms with van der Waals surface area (Å²) in [6.07, 6.45) is 3.13. The highest BCUT2D eigenvalue weighted by Gasteiger charge is 2.24. The van der Waals surface area contributed by atoms with Gasteiger partial charge in [-0.3, -0.25) is 9.69 Å². The lowest BCUT2D eigenvalue weighted by Crippen LogP contribution is -2.32. The zero-order chi connectivity index (χ0) is 9.68. The molecule has 4 nitrogen and oxygen atoms in total. The fraction of sp³-hybridized carbons (Fsp3) is 0.889. The molecule has 1 aliphatic carbocycles. The number of carboxylic acid groups (broad SMARTS) is 1. The zero-order valence-electron chi connectivity index (χ0n) is 7.78. The van der Waals surface area contributed by atoms with Crippen molar-refractivity contribution in [3.05, 3.63) is 0 Å². The first kappa shape index (κ1) is 10.5. The first-order valence-corrected chi connectivity index (χ1v) is 4.77. The molecular weight excluding hydrogens is 170 g/mol. The highest BCUT2D eigenvalue weighted by atomic mass is 16.4. The van der Waals surface area contributed by atoms with Crippen molar-refractivity contribution in [2.24, 2.45) is 5.92 Å². The smallest absolute Gasteiger partial charge is 0.317 e. The molecule has 0 spiro atoms. The zero-order valence-corrected chi connectivity index (χ0v) is 7.78. The topological polar surface area (TPSA) is 60.8 Å². The molecule has 0 amide bonds. The Kier molecular flexibility index (Phi) is 4.18. The highest BCUT2D eigenvalue weighted by Crippen LogP contribution is 2.29. The summed E-state index contributed by atoms with van der Waals surface area (Å²) in [5.74, 6) is -0.0726. The lowest BCUT2D eigenvalue weighted by molar-refractivity contribution is -0.138. The Morgan fingerprint density at radius 2 is 2.15 bits per heavy atom. The number of aliphatic hydroxyl groups is 1. The molecule has 0 aliphatic heterocycles. The van der Waals surface area contributed by atoms with Gasteiger partial charge in [-0.2, -0.15) is 0 Å². The van der Waals surface area contributed by atoms with Crippen LogP contribution in [0.3, 0.4) is 0 Å². The van der Waals surface area contributed by atoms with Gasteiger partial charge < -0.3 is 10.2 Å². The molecule has 4 heteroatoms. The largest absolute Gasteiger partial charge is 0.480 e. The van der Waals surface area contributed by atoms with Gasteiger partial charge in [0.15, 0.2) is 0 Å². The summed E-state index contributed by atoms with van der Waals surface area (Å²) in [6.45, 7) is 1.82. The molecule has 76 valence electrons. The van der Waals surface area contributed by atoms with Gasteiger partial charge in [-0.05, 0) is 25.2 Å². The number of nitrogens with zero attached hydrogens (tertiary/aromatic N) is 1. The van der Waals surface area contributed by atoms with Crippen molar-refractivity contribution in [1.82, 2.24) is 4.90 Å². The average Bonchev–Trinajstić information content (AvgIpc) is 2.83. The fourth-order valence-corrected chi connectivity index (χ4v) is 1.39. The molecule has 0 heterocycles. The molecule has 1 rings (SSSR count). The van der Waals surface area contributed by atoms with Gasteiger partial charge in [-0.25, -0.2) is 0 Å². The molecule has 0 saturated heterocycles. The maximum Gasteiger partial charge on any atom is 0.317 e. The second-order valence-electron chi connectivity index (χ2n) is 3.65. The van der Waals surface area contributed by atoms with E-state index in [4.69, 9.17) is 10.2 Å². The minimum Gasteiger partial charge on any atom is -0.480 e. The first-order valence-electron chi connectivity index (χ1n) is 4.77. The van der Waals surface area contributed by atoms with Crippen LogP contribution in [0.5, 0.6) is 0 Å². The molecule has 0 atom stereocenters. The normalized spacial score (nSPS) is 16.5.